The Bertz CT molecular complexity index is 877. The minimum atomic E-state index is 0.0742. The molecule has 1 aliphatic carbocycles. The zero-order valence-electron chi connectivity index (χ0n) is 16.2. The number of aryl methyl sites for hydroxylation is 1. The summed E-state index contributed by atoms with van der Waals surface area (Å²) >= 11 is 3.49. The summed E-state index contributed by atoms with van der Waals surface area (Å²) in [5.41, 5.74) is 2.20. The number of anilines is 1. The fourth-order valence-corrected chi connectivity index (χ4v) is 3.92. The molecule has 1 saturated carbocycles. The Balaban J connectivity index is 1.38. The Labute approximate surface area is 173 Å². The van der Waals surface area contributed by atoms with Crippen LogP contribution in [0, 0.1) is 0 Å². The van der Waals surface area contributed by atoms with Crippen molar-refractivity contribution in [3.05, 3.63) is 46.7 Å². The quantitative estimate of drug-likeness (QED) is 0.580. The van der Waals surface area contributed by atoms with Gasteiger partial charge < -0.3 is 15.1 Å². The highest BCUT2D eigenvalue weighted by atomic mass is 79.9. The van der Waals surface area contributed by atoms with E-state index in [0.717, 1.165) is 29.1 Å². The number of guanidine groups is 1. The Kier molecular flexibility index (Phi) is 5.39. The molecular weight excluding hydrogens is 420 g/mol. The number of carbonyl (C=O) groups is 1. The van der Waals surface area contributed by atoms with E-state index in [-0.39, 0.29) is 5.91 Å². The van der Waals surface area contributed by atoms with Crippen molar-refractivity contribution in [3.8, 4) is 0 Å². The van der Waals surface area contributed by atoms with Crippen LogP contribution >= 0.6 is 15.9 Å². The molecule has 2 atom stereocenters. The van der Waals surface area contributed by atoms with E-state index in [4.69, 9.17) is 0 Å². The van der Waals surface area contributed by atoms with Crippen LogP contribution in [0.15, 0.2) is 46.1 Å². The van der Waals surface area contributed by atoms with Gasteiger partial charge in [0.15, 0.2) is 5.96 Å². The highest BCUT2D eigenvalue weighted by Crippen LogP contribution is 2.41. The summed E-state index contributed by atoms with van der Waals surface area (Å²) in [5, 5.41) is 7.75. The molecular formula is C20H25BrN6O. The van der Waals surface area contributed by atoms with E-state index in [9.17, 15) is 4.79 Å². The number of aromatic nitrogens is 2. The molecule has 1 aromatic carbocycles. The molecule has 2 aliphatic rings. The lowest BCUT2D eigenvalue weighted by Gasteiger charge is -2.35. The molecule has 1 saturated heterocycles. The van der Waals surface area contributed by atoms with Crippen LogP contribution in [0.4, 0.5) is 5.69 Å². The number of nitrogens with one attached hydrogen (secondary N) is 1. The molecule has 4 rings (SSSR count). The molecule has 148 valence electrons. The molecule has 8 heteroatoms. The van der Waals surface area contributed by atoms with Gasteiger partial charge in [-0.25, -0.2) is 0 Å². The zero-order chi connectivity index (χ0) is 19.7. The Morgan fingerprint density at radius 2 is 2.11 bits per heavy atom. The number of aliphatic imine (C=N–C) groups is 1. The monoisotopic (exact) mass is 444 g/mol. The van der Waals surface area contributed by atoms with Gasteiger partial charge in [0.05, 0.1) is 11.9 Å². The number of amides is 1. The predicted molar refractivity (Wildman–Crippen MR) is 114 cm³/mol. The molecule has 2 unspecified atom stereocenters. The van der Waals surface area contributed by atoms with Crippen LogP contribution in [-0.4, -0.2) is 58.8 Å². The van der Waals surface area contributed by atoms with Gasteiger partial charge in [-0.15, -0.1) is 0 Å². The first-order chi connectivity index (χ1) is 13.5. The number of rotatable bonds is 4. The average molecular weight is 445 g/mol. The van der Waals surface area contributed by atoms with E-state index < -0.39 is 0 Å². The third-order valence-electron chi connectivity index (χ3n) is 5.23. The lowest BCUT2D eigenvalue weighted by molar-refractivity contribution is -0.120. The van der Waals surface area contributed by atoms with Gasteiger partial charge in [0.25, 0.3) is 0 Å². The number of piperazine rings is 1. The number of nitrogens with zero attached hydrogens (tertiary/aromatic N) is 5. The molecule has 2 aromatic rings. The largest absolute Gasteiger partial charge is 0.353 e. The minimum absolute atomic E-state index is 0.0742. The van der Waals surface area contributed by atoms with E-state index in [1.165, 1.54) is 5.56 Å². The van der Waals surface area contributed by atoms with E-state index in [1.54, 1.807) is 15.8 Å². The Morgan fingerprint density at radius 3 is 2.75 bits per heavy atom. The number of halogens is 1. The number of hydrogen-bond donors (Lipinski definition) is 1. The van der Waals surface area contributed by atoms with Gasteiger partial charge in [-0.05, 0) is 31.0 Å². The van der Waals surface area contributed by atoms with Crippen molar-refractivity contribution in [2.24, 2.45) is 12.0 Å². The second-order valence-electron chi connectivity index (χ2n) is 7.28. The maximum absolute atomic E-state index is 12.7. The average Bonchev–Trinajstić information content (AvgIpc) is 3.31. The lowest BCUT2D eigenvalue weighted by atomic mass is 10.1. The molecule has 0 bridgehead atoms. The SMILES string of the molecule is CCN=C(NC1CC1c1ccc(Br)cc1)N1CCN(c2cnn(C)c2)C(=O)C1. The topological polar surface area (TPSA) is 65.8 Å². The van der Waals surface area contributed by atoms with Gasteiger partial charge in [-0.3, -0.25) is 14.5 Å². The molecule has 0 spiro atoms. The summed E-state index contributed by atoms with van der Waals surface area (Å²) in [5.74, 6) is 1.42. The minimum Gasteiger partial charge on any atom is -0.353 e. The van der Waals surface area contributed by atoms with E-state index in [0.29, 0.717) is 31.6 Å². The van der Waals surface area contributed by atoms with Gasteiger partial charge in [-0.2, -0.15) is 5.10 Å². The van der Waals surface area contributed by atoms with Crippen molar-refractivity contribution < 1.29 is 4.79 Å². The third kappa shape index (κ3) is 4.06. The highest BCUT2D eigenvalue weighted by Gasteiger charge is 2.40. The highest BCUT2D eigenvalue weighted by molar-refractivity contribution is 9.10. The normalized spacial score (nSPS) is 22.5. The molecule has 1 aliphatic heterocycles. The predicted octanol–water partition coefficient (Wildman–Crippen LogP) is 2.35. The van der Waals surface area contributed by atoms with Crippen LogP contribution in [0.25, 0.3) is 0 Å². The first-order valence-electron chi connectivity index (χ1n) is 9.65. The van der Waals surface area contributed by atoms with Crippen molar-refractivity contribution in [1.29, 1.82) is 0 Å². The first kappa shape index (κ1) is 19.0. The van der Waals surface area contributed by atoms with Crippen LogP contribution in [0.1, 0.15) is 24.8 Å². The molecule has 1 aromatic heterocycles. The summed E-state index contributed by atoms with van der Waals surface area (Å²) in [6, 6.07) is 8.88. The van der Waals surface area contributed by atoms with E-state index >= 15 is 0 Å². The van der Waals surface area contributed by atoms with Gasteiger partial charge >= 0.3 is 0 Å². The standard InChI is InChI=1S/C20H25BrN6O/c1-3-22-20(24-18-10-17(18)14-4-6-15(21)7-5-14)26-8-9-27(19(28)13-26)16-11-23-25(2)12-16/h4-7,11-12,17-18H,3,8-10,13H2,1-2H3,(H,22,24). The van der Waals surface area contributed by atoms with Gasteiger partial charge in [0.2, 0.25) is 5.91 Å². The molecule has 2 fully saturated rings. The second-order valence-corrected chi connectivity index (χ2v) is 8.20. The molecule has 28 heavy (non-hydrogen) atoms. The van der Waals surface area contributed by atoms with E-state index in [1.807, 2.05) is 20.2 Å². The van der Waals surface area contributed by atoms with Crippen LogP contribution in [-0.2, 0) is 11.8 Å². The molecule has 0 radical (unpaired) electrons. The molecule has 2 heterocycles. The van der Waals surface area contributed by atoms with Crippen LogP contribution < -0.4 is 10.2 Å². The van der Waals surface area contributed by atoms with Crippen molar-refractivity contribution in [2.45, 2.75) is 25.3 Å². The molecule has 1 amide bonds. The summed E-state index contributed by atoms with van der Waals surface area (Å²) in [4.78, 5) is 21.2. The van der Waals surface area contributed by atoms with Gasteiger partial charge in [0, 0.05) is 49.3 Å². The number of benzene rings is 1. The Hall–Kier alpha value is -2.35. The number of carbonyl (C=O) groups excluding carboxylic acids is 1. The van der Waals surface area contributed by atoms with Crippen molar-refractivity contribution in [1.82, 2.24) is 20.0 Å². The van der Waals surface area contributed by atoms with Crippen LogP contribution in [0.5, 0.6) is 0 Å². The van der Waals surface area contributed by atoms with Crippen molar-refractivity contribution in [3.63, 3.8) is 0 Å². The maximum atomic E-state index is 12.7. The zero-order valence-corrected chi connectivity index (χ0v) is 17.8. The smallest absolute Gasteiger partial charge is 0.246 e. The fourth-order valence-electron chi connectivity index (χ4n) is 3.66. The molecule has 1 N–H and O–H groups in total. The number of hydrogen-bond acceptors (Lipinski definition) is 3. The van der Waals surface area contributed by atoms with Crippen molar-refractivity contribution >= 4 is 33.5 Å². The summed E-state index contributed by atoms with van der Waals surface area (Å²) in [6.07, 6.45) is 4.70. The second kappa shape index (κ2) is 7.95. The lowest BCUT2D eigenvalue weighted by Crippen LogP contribution is -2.55. The van der Waals surface area contributed by atoms with Gasteiger partial charge in [-0.1, -0.05) is 28.1 Å². The maximum Gasteiger partial charge on any atom is 0.246 e. The first-order valence-corrected chi connectivity index (χ1v) is 10.4. The van der Waals surface area contributed by atoms with Crippen molar-refractivity contribution in [2.75, 3.05) is 31.1 Å². The summed E-state index contributed by atoms with van der Waals surface area (Å²) in [7, 11) is 1.86. The summed E-state index contributed by atoms with van der Waals surface area (Å²) in [6.45, 7) is 4.43. The Morgan fingerprint density at radius 1 is 1.32 bits per heavy atom. The van der Waals surface area contributed by atoms with Crippen LogP contribution in [0.2, 0.25) is 0 Å². The third-order valence-corrected chi connectivity index (χ3v) is 5.76. The fraction of sp³-hybridized carbons (Fsp3) is 0.450. The molecule has 7 nitrogen and oxygen atoms in total. The summed E-state index contributed by atoms with van der Waals surface area (Å²) < 4.78 is 2.82. The van der Waals surface area contributed by atoms with Gasteiger partial charge in [0.1, 0.15) is 6.54 Å². The van der Waals surface area contributed by atoms with Crippen LogP contribution in [0.3, 0.4) is 0 Å². The van der Waals surface area contributed by atoms with E-state index in [2.05, 4.69) is 60.5 Å².